The quantitative estimate of drug-likeness (QED) is 0.736. The molecule has 154 valence electrons. The highest BCUT2D eigenvalue weighted by Gasteiger charge is 2.27. The van der Waals surface area contributed by atoms with Gasteiger partial charge < -0.3 is 15.1 Å². The van der Waals surface area contributed by atoms with Crippen LogP contribution in [0.25, 0.3) is 0 Å². The van der Waals surface area contributed by atoms with Crippen molar-refractivity contribution in [1.29, 1.82) is 0 Å². The molecule has 2 aliphatic heterocycles. The van der Waals surface area contributed by atoms with Gasteiger partial charge in [0.2, 0.25) is 5.91 Å². The monoisotopic (exact) mass is 405 g/mol. The number of amides is 2. The van der Waals surface area contributed by atoms with Gasteiger partial charge in [0.25, 0.3) is 5.91 Å². The van der Waals surface area contributed by atoms with E-state index in [0.717, 1.165) is 32.4 Å². The van der Waals surface area contributed by atoms with Crippen LogP contribution in [0, 0.1) is 5.92 Å². The maximum absolute atomic E-state index is 12.6. The lowest BCUT2D eigenvalue weighted by molar-refractivity contribution is -0.126. The van der Waals surface area contributed by atoms with Crippen LogP contribution >= 0.6 is 11.6 Å². The van der Waals surface area contributed by atoms with E-state index in [-0.39, 0.29) is 17.7 Å². The molecule has 1 aromatic carbocycles. The number of nitrogens with one attached hydrogen (secondary N) is 1. The average molecular weight is 406 g/mol. The van der Waals surface area contributed by atoms with Crippen molar-refractivity contribution >= 4 is 23.4 Å². The second-order valence-electron chi connectivity index (χ2n) is 8.10. The first-order valence-electron chi connectivity index (χ1n) is 10.6. The van der Waals surface area contributed by atoms with Crippen molar-refractivity contribution in [2.75, 3.05) is 32.7 Å². The molecule has 0 radical (unpaired) electrons. The fourth-order valence-electron chi connectivity index (χ4n) is 4.25. The number of benzene rings is 1. The van der Waals surface area contributed by atoms with E-state index in [9.17, 15) is 9.59 Å². The van der Waals surface area contributed by atoms with E-state index < -0.39 is 0 Å². The molecular weight excluding hydrogens is 374 g/mol. The van der Waals surface area contributed by atoms with E-state index >= 15 is 0 Å². The van der Waals surface area contributed by atoms with Crippen LogP contribution in [0.5, 0.6) is 0 Å². The summed E-state index contributed by atoms with van der Waals surface area (Å²) in [6.07, 6.45) is 6.39. The highest BCUT2D eigenvalue weighted by atomic mass is 35.5. The normalized spacial score (nSPS) is 21.5. The van der Waals surface area contributed by atoms with Gasteiger partial charge in [-0.2, -0.15) is 0 Å². The van der Waals surface area contributed by atoms with Crippen LogP contribution in [0.15, 0.2) is 24.3 Å². The smallest absolute Gasteiger partial charge is 0.253 e. The summed E-state index contributed by atoms with van der Waals surface area (Å²) in [4.78, 5) is 29.4. The van der Waals surface area contributed by atoms with Crippen LogP contribution in [0.1, 0.15) is 55.8 Å². The lowest BCUT2D eigenvalue weighted by Gasteiger charge is -2.33. The van der Waals surface area contributed by atoms with Crippen LogP contribution in [-0.4, -0.2) is 60.4 Å². The molecule has 1 aromatic rings. The summed E-state index contributed by atoms with van der Waals surface area (Å²) < 4.78 is 0. The van der Waals surface area contributed by atoms with Crippen molar-refractivity contribution in [3.05, 3.63) is 34.9 Å². The van der Waals surface area contributed by atoms with Crippen LogP contribution in [0.4, 0.5) is 0 Å². The summed E-state index contributed by atoms with van der Waals surface area (Å²) in [6.45, 7) is 6.56. The number of hydrogen-bond acceptors (Lipinski definition) is 3. The SMILES string of the molecule is C[C@@H]1CCCCN1CCCNC(=O)C1CCN(C(=O)c2ccc(Cl)cc2)CC1. The number of hydrogen-bond donors (Lipinski definition) is 1. The molecule has 6 heteroatoms. The second kappa shape index (κ2) is 10.3. The first kappa shape index (κ1) is 21.1. The molecular formula is C22H32ClN3O2. The van der Waals surface area contributed by atoms with Gasteiger partial charge in [0.15, 0.2) is 0 Å². The second-order valence-corrected chi connectivity index (χ2v) is 8.54. The molecule has 28 heavy (non-hydrogen) atoms. The molecule has 2 fully saturated rings. The van der Waals surface area contributed by atoms with Crippen LogP contribution in [0.3, 0.4) is 0 Å². The molecule has 2 amide bonds. The number of carbonyl (C=O) groups is 2. The van der Waals surface area contributed by atoms with Gasteiger partial charge >= 0.3 is 0 Å². The van der Waals surface area contributed by atoms with Gasteiger partial charge in [-0.25, -0.2) is 0 Å². The van der Waals surface area contributed by atoms with Gasteiger partial charge in [-0.3, -0.25) is 9.59 Å². The number of rotatable bonds is 6. The number of piperidine rings is 2. The summed E-state index contributed by atoms with van der Waals surface area (Å²) in [6, 6.07) is 7.66. The molecule has 5 nitrogen and oxygen atoms in total. The van der Waals surface area contributed by atoms with Crippen molar-refractivity contribution < 1.29 is 9.59 Å². The molecule has 0 aromatic heterocycles. The number of likely N-dealkylation sites (tertiary alicyclic amines) is 2. The van der Waals surface area contributed by atoms with Crippen LogP contribution in [-0.2, 0) is 4.79 Å². The van der Waals surface area contributed by atoms with E-state index in [1.807, 2.05) is 4.90 Å². The molecule has 0 aliphatic carbocycles. The highest BCUT2D eigenvalue weighted by molar-refractivity contribution is 6.30. The Morgan fingerprint density at radius 2 is 1.79 bits per heavy atom. The minimum absolute atomic E-state index is 0.0168. The Morgan fingerprint density at radius 1 is 1.07 bits per heavy atom. The first-order chi connectivity index (χ1) is 13.5. The predicted octanol–water partition coefficient (Wildman–Crippen LogP) is 3.57. The molecule has 0 unspecified atom stereocenters. The summed E-state index contributed by atoms with van der Waals surface area (Å²) in [5.74, 6) is 0.180. The third kappa shape index (κ3) is 5.71. The third-order valence-electron chi connectivity index (χ3n) is 6.11. The molecule has 1 atom stereocenters. The van der Waals surface area contributed by atoms with Crippen molar-refractivity contribution in [2.24, 2.45) is 5.92 Å². The fraction of sp³-hybridized carbons (Fsp3) is 0.636. The van der Waals surface area contributed by atoms with Gasteiger partial charge in [-0.1, -0.05) is 18.0 Å². The molecule has 2 aliphatic rings. The average Bonchev–Trinajstić information content (AvgIpc) is 2.72. The number of halogens is 1. The Hall–Kier alpha value is -1.59. The number of nitrogens with zero attached hydrogens (tertiary/aromatic N) is 2. The first-order valence-corrected chi connectivity index (χ1v) is 11.0. The zero-order chi connectivity index (χ0) is 19.9. The van der Waals surface area contributed by atoms with Crippen molar-refractivity contribution in [2.45, 2.75) is 51.5 Å². The maximum atomic E-state index is 12.6. The molecule has 2 heterocycles. The lowest BCUT2D eigenvalue weighted by Crippen LogP contribution is -2.43. The molecule has 0 bridgehead atoms. The molecule has 3 rings (SSSR count). The fourth-order valence-corrected chi connectivity index (χ4v) is 4.37. The van der Waals surface area contributed by atoms with E-state index in [1.54, 1.807) is 24.3 Å². The predicted molar refractivity (Wildman–Crippen MR) is 113 cm³/mol. The highest BCUT2D eigenvalue weighted by Crippen LogP contribution is 2.20. The molecule has 1 N–H and O–H groups in total. The Kier molecular flexibility index (Phi) is 7.74. The largest absolute Gasteiger partial charge is 0.356 e. The lowest BCUT2D eigenvalue weighted by atomic mass is 9.95. The summed E-state index contributed by atoms with van der Waals surface area (Å²) in [7, 11) is 0. The maximum Gasteiger partial charge on any atom is 0.253 e. The topological polar surface area (TPSA) is 52.7 Å². The van der Waals surface area contributed by atoms with E-state index in [0.29, 0.717) is 29.7 Å². The summed E-state index contributed by atoms with van der Waals surface area (Å²) in [5.41, 5.74) is 0.652. The van der Waals surface area contributed by atoms with E-state index in [1.165, 1.54) is 25.8 Å². The zero-order valence-corrected chi connectivity index (χ0v) is 17.6. The van der Waals surface area contributed by atoms with Gasteiger partial charge in [-0.05, 0) is 69.8 Å². The minimum atomic E-state index is 0.0168. The van der Waals surface area contributed by atoms with Crippen molar-refractivity contribution in [3.63, 3.8) is 0 Å². The van der Waals surface area contributed by atoms with Gasteiger partial charge in [-0.15, -0.1) is 0 Å². The summed E-state index contributed by atoms with van der Waals surface area (Å²) >= 11 is 5.89. The van der Waals surface area contributed by atoms with Crippen LogP contribution < -0.4 is 5.32 Å². The molecule has 0 spiro atoms. The van der Waals surface area contributed by atoms with Gasteiger partial charge in [0.1, 0.15) is 0 Å². The minimum Gasteiger partial charge on any atom is -0.356 e. The zero-order valence-electron chi connectivity index (χ0n) is 16.8. The van der Waals surface area contributed by atoms with Gasteiger partial charge in [0.05, 0.1) is 0 Å². The van der Waals surface area contributed by atoms with Crippen molar-refractivity contribution in [1.82, 2.24) is 15.1 Å². The molecule has 2 saturated heterocycles. The Balaban J connectivity index is 1.35. The van der Waals surface area contributed by atoms with E-state index in [2.05, 4.69) is 17.1 Å². The van der Waals surface area contributed by atoms with Crippen molar-refractivity contribution in [3.8, 4) is 0 Å². The molecule has 0 saturated carbocycles. The Morgan fingerprint density at radius 3 is 2.46 bits per heavy atom. The Bertz CT molecular complexity index is 656. The van der Waals surface area contributed by atoms with Crippen LogP contribution in [0.2, 0.25) is 5.02 Å². The van der Waals surface area contributed by atoms with Gasteiger partial charge in [0, 0.05) is 48.7 Å². The summed E-state index contributed by atoms with van der Waals surface area (Å²) in [5, 5.41) is 3.73. The standard InChI is InChI=1S/C22H32ClN3O2/c1-17-5-2-3-13-25(17)14-4-12-24-21(27)18-10-15-26(16-11-18)22(28)19-6-8-20(23)9-7-19/h6-9,17-18H,2-5,10-16H2,1H3,(H,24,27)/t17-/m1/s1. The number of carbonyl (C=O) groups excluding carboxylic acids is 2. The van der Waals surface area contributed by atoms with E-state index in [4.69, 9.17) is 11.6 Å². The Labute approximate surface area is 173 Å². The third-order valence-corrected chi connectivity index (χ3v) is 6.36.